The highest BCUT2D eigenvalue weighted by atomic mass is 16.1. The van der Waals surface area contributed by atoms with Crippen LogP contribution in [0.15, 0.2) is 48.7 Å². The predicted molar refractivity (Wildman–Crippen MR) is 88.5 cm³/mol. The Balaban J connectivity index is 1.57. The highest BCUT2D eigenvalue weighted by Gasteiger charge is 2.29. The van der Waals surface area contributed by atoms with Gasteiger partial charge in [-0.3, -0.25) is 4.79 Å². The number of hydrogen-bond acceptors (Lipinski definition) is 4. The summed E-state index contributed by atoms with van der Waals surface area (Å²) < 4.78 is 0. The van der Waals surface area contributed by atoms with Gasteiger partial charge in [0.2, 0.25) is 0 Å². The molecule has 1 amide bonds. The van der Waals surface area contributed by atoms with Crippen LogP contribution >= 0.6 is 0 Å². The maximum atomic E-state index is 12.3. The van der Waals surface area contributed by atoms with Crippen LogP contribution in [0.25, 0.3) is 0 Å². The second-order valence-electron chi connectivity index (χ2n) is 5.71. The fourth-order valence-electron chi connectivity index (χ4n) is 2.49. The van der Waals surface area contributed by atoms with Crippen LogP contribution < -0.4 is 15.1 Å². The largest absolute Gasteiger partial charge is 0.378 e. The summed E-state index contributed by atoms with van der Waals surface area (Å²) >= 11 is 0. The summed E-state index contributed by atoms with van der Waals surface area (Å²) in [6.07, 6.45) is 1.79. The normalized spacial score (nSPS) is 14.4. The number of aromatic nitrogens is 1. The van der Waals surface area contributed by atoms with Crippen molar-refractivity contribution in [3.8, 4) is 0 Å². The van der Waals surface area contributed by atoms with Gasteiger partial charge in [-0.25, -0.2) is 4.98 Å². The number of nitrogens with one attached hydrogen (secondary N) is 1. The van der Waals surface area contributed by atoms with Crippen molar-refractivity contribution in [2.24, 2.45) is 0 Å². The quantitative estimate of drug-likeness (QED) is 0.934. The monoisotopic (exact) mass is 296 g/mol. The van der Waals surface area contributed by atoms with Gasteiger partial charge in [0.15, 0.2) is 0 Å². The fraction of sp³-hybridized carbons (Fsp3) is 0.294. The Morgan fingerprint density at radius 3 is 2.73 bits per heavy atom. The third kappa shape index (κ3) is 3.03. The van der Waals surface area contributed by atoms with Crippen molar-refractivity contribution >= 4 is 17.4 Å². The number of carbonyl (C=O) groups excluding carboxylic acids is 1. The first-order valence-electron chi connectivity index (χ1n) is 7.38. The van der Waals surface area contributed by atoms with Gasteiger partial charge in [-0.2, -0.15) is 0 Å². The minimum absolute atomic E-state index is 0.0191. The van der Waals surface area contributed by atoms with Crippen molar-refractivity contribution in [3.63, 3.8) is 0 Å². The summed E-state index contributed by atoms with van der Waals surface area (Å²) in [5.41, 5.74) is 1.72. The first-order chi connectivity index (χ1) is 10.6. The number of nitrogens with zero attached hydrogens (tertiary/aromatic N) is 3. The molecule has 1 aliphatic rings. The molecule has 0 radical (unpaired) electrons. The third-order valence-electron chi connectivity index (χ3n) is 3.81. The molecule has 0 unspecified atom stereocenters. The predicted octanol–water partition coefficient (Wildman–Crippen LogP) is 1.77. The summed E-state index contributed by atoms with van der Waals surface area (Å²) in [5, 5.41) is 3.07. The Kier molecular flexibility index (Phi) is 3.96. The SMILES string of the molecule is CN(C)c1cccc(C(=O)NC2CN(c3ccccn3)C2)c1. The van der Waals surface area contributed by atoms with E-state index >= 15 is 0 Å². The zero-order valence-corrected chi connectivity index (χ0v) is 12.9. The lowest BCUT2D eigenvalue weighted by molar-refractivity contribution is 0.0930. The summed E-state index contributed by atoms with van der Waals surface area (Å²) in [7, 11) is 3.93. The number of benzene rings is 1. The summed E-state index contributed by atoms with van der Waals surface area (Å²) in [5.74, 6) is 0.942. The number of carbonyl (C=O) groups is 1. The Bertz CT molecular complexity index is 651. The van der Waals surface area contributed by atoms with Crippen molar-refractivity contribution in [2.75, 3.05) is 37.0 Å². The van der Waals surface area contributed by atoms with Gasteiger partial charge in [0, 0.05) is 44.6 Å². The molecule has 5 nitrogen and oxygen atoms in total. The van der Waals surface area contributed by atoms with E-state index in [0.29, 0.717) is 5.56 Å². The van der Waals surface area contributed by atoms with Gasteiger partial charge in [0.05, 0.1) is 6.04 Å². The molecule has 0 spiro atoms. The molecule has 1 fully saturated rings. The van der Waals surface area contributed by atoms with Crippen molar-refractivity contribution in [2.45, 2.75) is 6.04 Å². The second-order valence-corrected chi connectivity index (χ2v) is 5.71. The van der Waals surface area contributed by atoms with Crippen LogP contribution in [0, 0.1) is 0 Å². The van der Waals surface area contributed by atoms with Crippen molar-refractivity contribution < 1.29 is 4.79 Å². The van der Waals surface area contributed by atoms with E-state index in [1.54, 1.807) is 6.20 Å². The Morgan fingerprint density at radius 1 is 1.23 bits per heavy atom. The molecular weight excluding hydrogens is 276 g/mol. The minimum atomic E-state index is -0.0191. The second kappa shape index (κ2) is 6.05. The molecule has 1 aromatic heterocycles. The molecule has 114 valence electrons. The molecule has 1 aliphatic heterocycles. The molecule has 0 aliphatic carbocycles. The molecule has 5 heteroatoms. The van der Waals surface area contributed by atoms with Gasteiger partial charge in [-0.1, -0.05) is 12.1 Å². The molecule has 3 rings (SSSR count). The van der Waals surface area contributed by atoms with E-state index in [9.17, 15) is 4.79 Å². The number of hydrogen-bond donors (Lipinski definition) is 1. The summed E-state index contributed by atoms with van der Waals surface area (Å²) in [4.78, 5) is 20.8. The third-order valence-corrected chi connectivity index (χ3v) is 3.81. The Hall–Kier alpha value is -2.56. The molecule has 22 heavy (non-hydrogen) atoms. The topological polar surface area (TPSA) is 48.5 Å². The number of rotatable bonds is 4. The van der Waals surface area contributed by atoms with Gasteiger partial charge in [0.25, 0.3) is 5.91 Å². The molecule has 0 bridgehead atoms. The van der Waals surface area contributed by atoms with Crippen LogP contribution in [0.5, 0.6) is 0 Å². The van der Waals surface area contributed by atoms with Crippen molar-refractivity contribution in [3.05, 3.63) is 54.2 Å². The van der Waals surface area contributed by atoms with Gasteiger partial charge >= 0.3 is 0 Å². The van der Waals surface area contributed by atoms with E-state index < -0.39 is 0 Å². The molecule has 0 atom stereocenters. The molecule has 0 saturated carbocycles. The molecule has 1 saturated heterocycles. The van der Waals surface area contributed by atoms with E-state index in [1.165, 1.54) is 0 Å². The van der Waals surface area contributed by atoms with Crippen LogP contribution in [0.2, 0.25) is 0 Å². The molecule has 2 aromatic rings. The van der Waals surface area contributed by atoms with Crippen LogP contribution in [-0.4, -0.2) is 44.1 Å². The standard InChI is InChI=1S/C17H20N4O/c1-20(2)15-7-5-6-13(10-15)17(22)19-14-11-21(12-14)16-8-3-4-9-18-16/h3-10,14H,11-12H2,1-2H3,(H,19,22). The summed E-state index contributed by atoms with van der Waals surface area (Å²) in [6.45, 7) is 1.60. The maximum Gasteiger partial charge on any atom is 0.251 e. The lowest BCUT2D eigenvalue weighted by Crippen LogP contribution is -2.59. The first kappa shape index (κ1) is 14.4. The van der Waals surface area contributed by atoms with Crippen LogP contribution in [-0.2, 0) is 0 Å². The highest BCUT2D eigenvalue weighted by Crippen LogP contribution is 2.18. The van der Waals surface area contributed by atoms with Gasteiger partial charge in [-0.15, -0.1) is 0 Å². The zero-order valence-electron chi connectivity index (χ0n) is 12.9. The first-order valence-corrected chi connectivity index (χ1v) is 7.38. The molecule has 2 heterocycles. The Labute approximate surface area is 130 Å². The number of anilines is 2. The molecular formula is C17H20N4O. The van der Waals surface area contributed by atoms with E-state index in [1.807, 2.05) is 61.5 Å². The van der Waals surface area contributed by atoms with Crippen LogP contribution in [0.3, 0.4) is 0 Å². The molecule has 1 aromatic carbocycles. The molecule has 1 N–H and O–H groups in total. The van der Waals surface area contributed by atoms with Crippen molar-refractivity contribution in [1.29, 1.82) is 0 Å². The average molecular weight is 296 g/mol. The van der Waals surface area contributed by atoms with Gasteiger partial charge in [0.1, 0.15) is 5.82 Å². The summed E-state index contributed by atoms with van der Waals surface area (Å²) in [6, 6.07) is 13.7. The minimum Gasteiger partial charge on any atom is -0.378 e. The maximum absolute atomic E-state index is 12.3. The van der Waals surface area contributed by atoms with Gasteiger partial charge < -0.3 is 15.1 Å². The fourth-order valence-corrected chi connectivity index (χ4v) is 2.49. The number of amides is 1. The van der Waals surface area contributed by atoms with E-state index in [0.717, 1.165) is 24.6 Å². The van der Waals surface area contributed by atoms with Gasteiger partial charge in [-0.05, 0) is 30.3 Å². The van der Waals surface area contributed by atoms with Crippen molar-refractivity contribution in [1.82, 2.24) is 10.3 Å². The highest BCUT2D eigenvalue weighted by molar-refractivity contribution is 5.95. The lowest BCUT2D eigenvalue weighted by atomic mass is 10.1. The van der Waals surface area contributed by atoms with E-state index in [-0.39, 0.29) is 11.9 Å². The number of pyridine rings is 1. The van der Waals surface area contributed by atoms with Crippen LogP contribution in [0.1, 0.15) is 10.4 Å². The van der Waals surface area contributed by atoms with E-state index in [2.05, 4.69) is 15.2 Å². The smallest absolute Gasteiger partial charge is 0.251 e. The van der Waals surface area contributed by atoms with Crippen LogP contribution in [0.4, 0.5) is 11.5 Å². The lowest BCUT2D eigenvalue weighted by Gasteiger charge is -2.40. The van der Waals surface area contributed by atoms with E-state index in [4.69, 9.17) is 0 Å². The Morgan fingerprint density at radius 2 is 2.05 bits per heavy atom. The average Bonchev–Trinajstić information content (AvgIpc) is 2.51. The zero-order chi connectivity index (χ0) is 15.5.